The highest BCUT2D eigenvalue weighted by molar-refractivity contribution is 8.26. The van der Waals surface area contributed by atoms with Crippen LogP contribution in [0.5, 0.6) is 5.75 Å². The van der Waals surface area contributed by atoms with Crippen LogP contribution in [0.2, 0.25) is 0 Å². The van der Waals surface area contributed by atoms with Crippen LogP contribution in [0.25, 0.3) is 6.08 Å². The van der Waals surface area contributed by atoms with Crippen molar-refractivity contribution < 1.29 is 19.1 Å². The van der Waals surface area contributed by atoms with Gasteiger partial charge in [-0.15, -0.1) is 0 Å². The summed E-state index contributed by atoms with van der Waals surface area (Å²) in [5, 5.41) is 0. The summed E-state index contributed by atoms with van der Waals surface area (Å²) in [5.74, 6) is -0.0694. The predicted molar refractivity (Wildman–Crippen MR) is 123 cm³/mol. The van der Waals surface area contributed by atoms with Gasteiger partial charge in [0.2, 0.25) is 0 Å². The Morgan fingerprint density at radius 1 is 1.17 bits per heavy atom. The highest BCUT2D eigenvalue weighted by Crippen LogP contribution is 2.39. The molecule has 0 aliphatic carbocycles. The Bertz CT molecular complexity index is 959. The van der Waals surface area contributed by atoms with E-state index in [-0.39, 0.29) is 12.5 Å². The largest absolute Gasteiger partial charge is 0.494 e. The number of amides is 1. The number of rotatable bonds is 8. The van der Waals surface area contributed by atoms with Crippen molar-refractivity contribution in [3.8, 4) is 5.75 Å². The molecule has 156 valence electrons. The number of ether oxygens (including phenoxy) is 2. The molecule has 2 aromatic carbocycles. The van der Waals surface area contributed by atoms with Gasteiger partial charge in [0.25, 0.3) is 5.91 Å². The third-order valence-electron chi connectivity index (χ3n) is 4.34. The summed E-state index contributed by atoms with van der Waals surface area (Å²) in [6.07, 6.45) is 2.46. The second-order valence-electron chi connectivity index (χ2n) is 6.54. The van der Waals surface area contributed by atoms with E-state index in [1.54, 1.807) is 18.2 Å². The standard InChI is InChI=1S/C23H23NO4S2/c1-3-13-28-22(26)20(17-10-6-5-7-11-17)24-21(25)19(30-23(24)29)15-16-9-8-12-18(14-16)27-4-2/h5-12,14-15,20H,3-4,13H2,1-2H3/b19-15+. The molecule has 30 heavy (non-hydrogen) atoms. The van der Waals surface area contributed by atoms with E-state index in [2.05, 4.69) is 0 Å². The predicted octanol–water partition coefficient (Wildman–Crippen LogP) is 4.98. The fourth-order valence-corrected chi connectivity index (χ4v) is 4.34. The number of benzene rings is 2. The van der Waals surface area contributed by atoms with Gasteiger partial charge in [-0.3, -0.25) is 9.69 Å². The van der Waals surface area contributed by atoms with Gasteiger partial charge in [-0.05, 0) is 42.7 Å². The second-order valence-corrected chi connectivity index (χ2v) is 8.21. The maximum atomic E-state index is 13.2. The molecule has 1 amide bonds. The number of thiocarbonyl (C=S) groups is 1. The Kier molecular flexibility index (Phi) is 7.65. The zero-order chi connectivity index (χ0) is 21.5. The first kappa shape index (κ1) is 22.1. The summed E-state index contributed by atoms with van der Waals surface area (Å²) in [5.41, 5.74) is 1.49. The van der Waals surface area contributed by atoms with E-state index in [9.17, 15) is 9.59 Å². The molecule has 1 atom stereocenters. The minimum Gasteiger partial charge on any atom is -0.494 e. The monoisotopic (exact) mass is 441 g/mol. The van der Waals surface area contributed by atoms with Gasteiger partial charge in [-0.1, -0.05) is 73.4 Å². The molecule has 0 bridgehead atoms. The fraction of sp³-hybridized carbons (Fsp3) is 0.261. The molecule has 7 heteroatoms. The fourth-order valence-electron chi connectivity index (χ4n) is 3.02. The van der Waals surface area contributed by atoms with Crippen molar-refractivity contribution in [2.45, 2.75) is 26.3 Å². The van der Waals surface area contributed by atoms with E-state index >= 15 is 0 Å². The summed E-state index contributed by atoms with van der Waals surface area (Å²) in [6.45, 7) is 4.68. The van der Waals surface area contributed by atoms with E-state index in [1.807, 2.05) is 56.3 Å². The second kappa shape index (κ2) is 10.4. The van der Waals surface area contributed by atoms with E-state index in [4.69, 9.17) is 21.7 Å². The Labute approximate surface area is 186 Å². The van der Waals surface area contributed by atoms with Crippen LogP contribution in [0.4, 0.5) is 0 Å². The van der Waals surface area contributed by atoms with Crippen molar-refractivity contribution in [1.29, 1.82) is 0 Å². The molecule has 2 aromatic rings. The lowest BCUT2D eigenvalue weighted by Crippen LogP contribution is -2.38. The van der Waals surface area contributed by atoms with Gasteiger partial charge in [-0.25, -0.2) is 4.79 Å². The van der Waals surface area contributed by atoms with Crippen molar-refractivity contribution in [3.63, 3.8) is 0 Å². The zero-order valence-corrected chi connectivity index (χ0v) is 18.5. The molecule has 0 aromatic heterocycles. The molecule has 0 N–H and O–H groups in total. The van der Waals surface area contributed by atoms with Crippen molar-refractivity contribution in [2.75, 3.05) is 13.2 Å². The van der Waals surface area contributed by atoms with E-state index in [1.165, 1.54) is 16.7 Å². The number of carbonyl (C=O) groups excluding carboxylic acids is 2. The average Bonchev–Trinajstić information content (AvgIpc) is 3.01. The van der Waals surface area contributed by atoms with E-state index < -0.39 is 12.0 Å². The molecule has 0 saturated carbocycles. The maximum absolute atomic E-state index is 13.2. The van der Waals surface area contributed by atoms with Gasteiger partial charge < -0.3 is 9.47 Å². The molecule has 5 nitrogen and oxygen atoms in total. The van der Waals surface area contributed by atoms with Gasteiger partial charge >= 0.3 is 5.97 Å². The first-order valence-corrected chi connectivity index (χ1v) is 11.0. The molecule has 1 aliphatic rings. The quantitative estimate of drug-likeness (QED) is 0.327. The SMILES string of the molecule is CCCOC(=O)C(c1ccccc1)N1C(=O)/C(=C\c2cccc(OCC)c2)SC1=S. The Morgan fingerprint density at radius 2 is 1.93 bits per heavy atom. The summed E-state index contributed by atoms with van der Waals surface area (Å²) in [6, 6.07) is 15.7. The van der Waals surface area contributed by atoms with E-state index in [0.29, 0.717) is 27.8 Å². The maximum Gasteiger partial charge on any atom is 0.333 e. The molecule has 0 spiro atoms. The first-order chi connectivity index (χ1) is 14.5. The van der Waals surface area contributed by atoms with Crippen LogP contribution in [0.3, 0.4) is 0 Å². The number of esters is 1. The highest BCUT2D eigenvalue weighted by atomic mass is 32.2. The van der Waals surface area contributed by atoms with Gasteiger partial charge in [-0.2, -0.15) is 0 Å². The first-order valence-electron chi connectivity index (χ1n) is 9.76. The number of thioether (sulfide) groups is 1. The molecule has 1 heterocycles. The van der Waals surface area contributed by atoms with Crippen LogP contribution in [-0.4, -0.2) is 34.3 Å². The Morgan fingerprint density at radius 3 is 2.63 bits per heavy atom. The molecule has 1 unspecified atom stereocenters. The topological polar surface area (TPSA) is 55.8 Å². The lowest BCUT2D eigenvalue weighted by molar-refractivity contribution is -0.151. The van der Waals surface area contributed by atoms with Crippen molar-refractivity contribution in [1.82, 2.24) is 4.90 Å². The molecule has 1 fully saturated rings. The minimum absolute atomic E-state index is 0.289. The normalized spacial score (nSPS) is 16.1. The number of hydrogen-bond donors (Lipinski definition) is 0. The third-order valence-corrected chi connectivity index (χ3v) is 5.67. The van der Waals surface area contributed by atoms with Gasteiger partial charge in [0.1, 0.15) is 10.1 Å². The zero-order valence-electron chi connectivity index (χ0n) is 16.9. The van der Waals surface area contributed by atoms with E-state index in [0.717, 1.165) is 11.3 Å². The molecule has 1 aliphatic heterocycles. The molecule has 3 rings (SSSR count). The van der Waals surface area contributed by atoms with Crippen molar-refractivity contribution >= 4 is 46.3 Å². The average molecular weight is 442 g/mol. The van der Waals surface area contributed by atoms with Crippen LogP contribution in [0, 0.1) is 0 Å². The molecular weight excluding hydrogens is 418 g/mol. The van der Waals surface area contributed by atoms with Crippen LogP contribution >= 0.6 is 24.0 Å². The molecule has 0 radical (unpaired) electrons. The van der Waals surface area contributed by atoms with Crippen molar-refractivity contribution in [2.24, 2.45) is 0 Å². The van der Waals surface area contributed by atoms with Gasteiger partial charge in [0.05, 0.1) is 18.1 Å². The number of carbonyl (C=O) groups is 2. The molecular formula is C23H23NO4S2. The Hall–Kier alpha value is -2.64. The van der Waals surface area contributed by atoms with Crippen LogP contribution < -0.4 is 4.74 Å². The lowest BCUT2D eigenvalue weighted by Gasteiger charge is -2.25. The third kappa shape index (κ3) is 5.09. The van der Waals surface area contributed by atoms with Crippen LogP contribution in [0.1, 0.15) is 37.4 Å². The molecule has 1 saturated heterocycles. The van der Waals surface area contributed by atoms with Gasteiger partial charge in [0, 0.05) is 0 Å². The minimum atomic E-state index is -0.911. The Balaban J connectivity index is 1.92. The van der Waals surface area contributed by atoms with Crippen LogP contribution in [0.15, 0.2) is 59.5 Å². The number of hydrogen-bond acceptors (Lipinski definition) is 6. The summed E-state index contributed by atoms with van der Waals surface area (Å²) < 4.78 is 11.2. The lowest BCUT2D eigenvalue weighted by atomic mass is 10.1. The van der Waals surface area contributed by atoms with Crippen LogP contribution in [-0.2, 0) is 14.3 Å². The summed E-state index contributed by atoms with van der Waals surface area (Å²) >= 11 is 6.66. The highest BCUT2D eigenvalue weighted by Gasteiger charge is 2.42. The summed E-state index contributed by atoms with van der Waals surface area (Å²) in [4.78, 5) is 27.9. The van der Waals surface area contributed by atoms with Crippen molar-refractivity contribution in [3.05, 3.63) is 70.6 Å². The summed E-state index contributed by atoms with van der Waals surface area (Å²) in [7, 11) is 0. The van der Waals surface area contributed by atoms with Gasteiger partial charge in [0.15, 0.2) is 6.04 Å². The number of nitrogens with zero attached hydrogens (tertiary/aromatic N) is 1. The smallest absolute Gasteiger partial charge is 0.333 e.